The second-order valence-electron chi connectivity index (χ2n) is 7.84. The summed E-state index contributed by atoms with van der Waals surface area (Å²) in [5.74, 6) is 1.72. The molecule has 2 N–H and O–H groups in total. The van der Waals surface area contributed by atoms with Crippen LogP contribution in [0.5, 0.6) is 0 Å². The van der Waals surface area contributed by atoms with Crippen LogP contribution in [-0.2, 0) is 14.3 Å². The number of ether oxygens (including phenoxy) is 2. The number of nitrogens with one attached hydrogen (secondary N) is 2. The predicted octanol–water partition coefficient (Wildman–Crippen LogP) is 2.78. The highest BCUT2D eigenvalue weighted by Crippen LogP contribution is 2.27. The highest BCUT2D eigenvalue weighted by Gasteiger charge is 2.22. The van der Waals surface area contributed by atoms with Gasteiger partial charge in [0, 0.05) is 52.9 Å². The summed E-state index contributed by atoms with van der Waals surface area (Å²) in [4.78, 5) is 19.0. The van der Waals surface area contributed by atoms with Crippen molar-refractivity contribution in [2.75, 3.05) is 53.0 Å². The highest BCUT2D eigenvalue weighted by molar-refractivity contribution is 14.0. The van der Waals surface area contributed by atoms with Gasteiger partial charge in [0.2, 0.25) is 5.91 Å². The maximum atomic E-state index is 12.0. The molecule has 7 nitrogen and oxygen atoms in total. The fourth-order valence-electron chi connectivity index (χ4n) is 4.02. The van der Waals surface area contributed by atoms with Gasteiger partial charge in [-0.05, 0) is 44.9 Å². The van der Waals surface area contributed by atoms with Crippen LogP contribution >= 0.6 is 24.0 Å². The molecular weight excluding hydrogens is 483 g/mol. The lowest BCUT2D eigenvalue weighted by molar-refractivity contribution is -0.121. The molecule has 0 atom stereocenters. The molecule has 29 heavy (non-hydrogen) atoms. The second-order valence-corrected chi connectivity index (χ2v) is 7.84. The lowest BCUT2D eigenvalue weighted by Gasteiger charge is -2.34. The topological polar surface area (TPSA) is 75.2 Å². The SMILES string of the molecule is CCNC(=NCCNC(=O)CC1CCCC1)N1CCC(OCCCOC)CC1.I. The zero-order valence-corrected chi connectivity index (χ0v) is 20.6. The number of hydrogen-bond acceptors (Lipinski definition) is 4. The molecule has 1 saturated carbocycles. The van der Waals surface area contributed by atoms with Crippen LogP contribution in [0, 0.1) is 5.92 Å². The number of carbonyl (C=O) groups is 1. The molecule has 0 unspecified atom stereocenters. The Morgan fingerprint density at radius 1 is 1.10 bits per heavy atom. The van der Waals surface area contributed by atoms with Gasteiger partial charge in [-0.25, -0.2) is 0 Å². The Hall–Kier alpha value is -0.610. The van der Waals surface area contributed by atoms with E-state index in [0.29, 0.717) is 31.5 Å². The number of methoxy groups -OCH3 is 1. The van der Waals surface area contributed by atoms with Crippen molar-refractivity contribution >= 4 is 35.8 Å². The van der Waals surface area contributed by atoms with Gasteiger partial charge in [-0.2, -0.15) is 0 Å². The summed E-state index contributed by atoms with van der Waals surface area (Å²) in [6.45, 7) is 7.60. The number of halogens is 1. The molecule has 170 valence electrons. The molecule has 0 spiro atoms. The summed E-state index contributed by atoms with van der Waals surface area (Å²) >= 11 is 0. The Bertz CT molecular complexity index is 465. The largest absolute Gasteiger partial charge is 0.385 e. The molecular formula is C21H41IN4O3. The van der Waals surface area contributed by atoms with Crippen molar-refractivity contribution in [3.05, 3.63) is 0 Å². The first-order valence-corrected chi connectivity index (χ1v) is 11.1. The smallest absolute Gasteiger partial charge is 0.220 e. The fraction of sp³-hybridized carbons (Fsp3) is 0.905. The minimum absolute atomic E-state index is 0. The Labute approximate surface area is 193 Å². The van der Waals surface area contributed by atoms with E-state index >= 15 is 0 Å². The molecule has 0 aromatic heterocycles. The quantitative estimate of drug-likeness (QED) is 0.188. The van der Waals surface area contributed by atoms with E-state index in [-0.39, 0.29) is 29.9 Å². The Kier molecular flexibility index (Phi) is 14.7. The van der Waals surface area contributed by atoms with Crippen LogP contribution in [0.15, 0.2) is 4.99 Å². The van der Waals surface area contributed by atoms with E-state index in [0.717, 1.165) is 58.1 Å². The van der Waals surface area contributed by atoms with Crippen LogP contribution in [0.1, 0.15) is 58.3 Å². The molecule has 0 radical (unpaired) electrons. The molecule has 1 aliphatic carbocycles. The average Bonchev–Trinajstić information content (AvgIpc) is 3.21. The van der Waals surface area contributed by atoms with E-state index in [1.165, 1.54) is 25.7 Å². The zero-order chi connectivity index (χ0) is 20.0. The summed E-state index contributed by atoms with van der Waals surface area (Å²) in [7, 11) is 1.72. The molecule has 1 amide bonds. The van der Waals surface area contributed by atoms with E-state index in [1.807, 2.05) is 0 Å². The predicted molar refractivity (Wildman–Crippen MR) is 128 cm³/mol. The first-order chi connectivity index (χ1) is 13.7. The van der Waals surface area contributed by atoms with E-state index in [1.54, 1.807) is 7.11 Å². The zero-order valence-electron chi connectivity index (χ0n) is 18.3. The van der Waals surface area contributed by atoms with E-state index in [9.17, 15) is 4.79 Å². The van der Waals surface area contributed by atoms with Crippen LogP contribution in [0.2, 0.25) is 0 Å². The fourth-order valence-corrected chi connectivity index (χ4v) is 4.02. The van der Waals surface area contributed by atoms with Crippen molar-refractivity contribution in [3.8, 4) is 0 Å². The first kappa shape index (κ1) is 26.4. The molecule has 1 heterocycles. The van der Waals surface area contributed by atoms with Crippen molar-refractivity contribution in [1.82, 2.24) is 15.5 Å². The molecule has 0 aromatic carbocycles. The van der Waals surface area contributed by atoms with Gasteiger partial charge in [0.25, 0.3) is 0 Å². The summed E-state index contributed by atoms with van der Waals surface area (Å²) in [6, 6.07) is 0. The van der Waals surface area contributed by atoms with Gasteiger partial charge in [0.05, 0.1) is 12.6 Å². The van der Waals surface area contributed by atoms with Crippen molar-refractivity contribution < 1.29 is 14.3 Å². The highest BCUT2D eigenvalue weighted by atomic mass is 127. The third-order valence-electron chi connectivity index (χ3n) is 5.57. The number of piperidine rings is 1. The van der Waals surface area contributed by atoms with E-state index < -0.39 is 0 Å². The van der Waals surface area contributed by atoms with Gasteiger partial charge < -0.3 is 25.0 Å². The Balaban J connectivity index is 0.00000420. The molecule has 2 fully saturated rings. The maximum Gasteiger partial charge on any atom is 0.220 e. The summed E-state index contributed by atoms with van der Waals surface area (Å²) in [5, 5.41) is 6.41. The molecule has 0 bridgehead atoms. The summed E-state index contributed by atoms with van der Waals surface area (Å²) < 4.78 is 11.0. The standard InChI is InChI=1S/C21H40N4O3.HI/c1-3-22-21(24-12-11-23-20(26)17-18-7-4-5-8-18)25-13-9-19(10-14-25)28-16-6-15-27-2;/h18-19H,3-17H2,1-2H3,(H,22,24)(H,23,26);1H. The van der Waals surface area contributed by atoms with Crippen molar-refractivity contribution in [3.63, 3.8) is 0 Å². The molecule has 0 aromatic rings. The van der Waals surface area contributed by atoms with Crippen LogP contribution in [0.25, 0.3) is 0 Å². The van der Waals surface area contributed by atoms with Crippen molar-refractivity contribution in [2.45, 2.75) is 64.4 Å². The van der Waals surface area contributed by atoms with Crippen LogP contribution in [0.4, 0.5) is 0 Å². The number of nitrogens with zero attached hydrogens (tertiary/aromatic N) is 2. The van der Waals surface area contributed by atoms with Crippen LogP contribution in [0.3, 0.4) is 0 Å². The average molecular weight is 524 g/mol. The van der Waals surface area contributed by atoms with Gasteiger partial charge in [-0.1, -0.05) is 12.8 Å². The van der Waals surface area contributed by atoms with Gasteiger partial charge >= 0.3 is 0 Å². The minimum atomic E-state index is 0. The third kappa shape index (κ3) is 10.8. The molecule has 1 aliphatic heterocycles. The molecule has 2 rings (SSSR count). The maximum absolute atomic E-state index is 12.0. The second kappa shape index (κ2) is 16.1. The number of likely N-dealkylation sites (tertiary alicyclic amines) is 1. The van der Waals surface area contributed by atoms with E-state index in [2.05, 4.69) is 22.5 Å². The molecule has 1 saturated heterocycles. The van der Waals surface area contributed by atoms with E-state index in [4.69, 9.17) is 14.5 Å². The monoisotopic (exact) mass is 524 g/mol. The van der Waals surface area contributed by atoms with Crippen molar-refractivity contribution in [2.24, 2.45) is 10.9 Å². The van der Waals surface area contributed by atoms with Crippen LogP contribution < -0.4 is 10.6 Å². The summed E-state index contributed by atoms with van der Waals surface area (Å²) in [6.07, 6.45) is 9.00. The first-order valence-electron chi connectivity index (χ1n) is 11.1. The number of guanidine groups is 1. The normalized spacial score (nSPS) is 18.6. The number of hydrogen-bond donors (Lipinski definition) is 2. The van der Waals surface area contributed by atoms with Gasteiger partial charge in [-0.15, -0.1) is 24.0 Å². The number of amides is 1. The lowest BCUT2D eigenvalue weighted by Crippen LogP contribution is -2.47. The molecule has 2 aliphatic rings. The Morgan fingerprint density at radius 2 is 1.83 bits per heavy atom. The number of carbonyl (C=O) groups excluding carboxylic acids is 1. The van der Waals surface area contributed by atoms with Gasteiger partial charge in [0.15, 0.2) is 5.96 Å². The van der Waals surface area contributed by atoms with Crippen molar-refractivity contribution in [1.29, 1.82) is 0 Å². The van der Waals surface area contributed by atoms with Gasteiger partial charge in [-0.3, -0.25) is 9.79 Å². The Morgan fingerprint density at radius 3 is 2.48 bits per heavy atom. The third-order valence-corrected chi connectivity index (χ3v) is 5.57. The lowest BCUT2D eigenvalue weighted by atomic mass is 10.0. The number of rotatable bonds is 11. The minimum Gasteiger partial charge on any atom is -0.385 e. The molecule has 8 heteroatoms. The van der Waals surface area contributed by atoms with Gasteiger partial charge in [0.1, 0.15) is 0 Å². The van der Waals surface area contributed by atoms with Crippen LogP contribution in [-0.4, -0.2) is 75.9 Å². The number of aliphatic imine (C=N–C) groups is 1. The summed E-state index contributed by atoms with van der Waals surface area (Å²) in [5.41, 5.74) is 0.